The number of rotatable bonds is 1. The van der Waals surface area contributed by atoms with Gasteiger partial charge in [-0.05, 0) is 26.0 Å². The normalized spacial score (nSPS) is 23.2. The summed E-state index contributed by atoms with van der Waals surface area (Å²) in [7, 11) is 0. The van der Waals surface area contributed by atoms with Crippen LogP contribution in [0.25, 0.3) is 10.2 Å². The zero-order valence-corrected chi connectivity index (χ0v) is 12.3. The monoisotopic (exact) mass is 291 g/mol. The van der Waals surface area contributed by atoms with Crippen LogP contribution in [0.3, 0.4) is 0 Å². The van der Waals surface area contributed by atoms with E-state index >= 15 is 0 Å². The summed E-state index contributed by atoms with van der Waals surface area (Å²) in [5.74, 6) is -0.0208. The first-order valence-electron chi connectivity index (χ1n) is 6.64. The van der Waals surface area contributed by atoms with Crippen molar-refractivity contribution >= 4 is 33.1 Å². The Morgan fingerprint density at radius 1 is 1.45 bits per heavy atom. The number of fused-ring (bicyclic) bond motifs is 1. The lowest BCUT2D eigenvalue weighted by Gasteiger charge is -2.35. The zero-order valence-electron chi connectivity index (χ0n) is 11.5. The molecule has 0 saturated carbocycles. The molecule has 0 bridgehead atoms. The van der Waals surface area contributed by atoms with Crippen molar-refractivity contribution in [2.45, 2.75) is 26.1 Å². The molecule has 1 amide bonds. The predicted octanol–water partition coefficient (Wildman–Crippen LogP) is 2.13. The van der Waals surface area contributed by atoms with Crippen molar-refractivity contribution in [3.63, 3.8) is 0 Å². The summed E-state index contributed by atoms with van der Waals surface area (Å²) in [5, 5.41) is 0. The highest BCUT2D eigenvalue weighted by atomic mass is 32.1. The summed E-state index contributed by atoms with van der Waals surface area (Å²) in [5.41, 5.74) is 7.29. The number of amides is 1. The van der Waals surface area contributed by atoms with Crippen LogP contribution in [-0.2, 0) is 4.74 Å². The molecule has 1 saturated heterocycles. The van der Waals surface area contributed by atoms with Crippen molar-refractivity contribution in [3.8, 4) is 0 Å². The molecule has 1 fully saturated rings. The van der Waals surface area contributed by atoms with E-state index < -0.39 is 0 Å². The fourth-order valence-corrected chi connectivity index (χ4v) is 3.64. The lowest BCUT2D eigenvalue weighted by atomic mass is 10.2. The third-order valence-electron chi connectivity index (χ3n) is 3.38. The number of carbonyl (C=O) groups is 1. The lowest BCUT2D eigenvalue weighted by molar-refractivity contribution is -0.0584. The van der Waals surface area contributed by atoms with Crippen LogP contribution in [-0.4, -0.2) is 41.1 Å². The number of thiophene rings is 1. The minimum atomic E-state index is -0.0208. The first-order chi connectivity index (χ1) is 9.56. The summed E-state index contributed by atoms with van der Waals surface area (Å²) in [6.45, 7) is 5.16. The van der Waals surface area contributed by atoms with E-state index in [1.54, 1.807) is 6.20 Å². The van der Waals surface area contributed by atoms with Gasteiger partial charge in [0.15, 0.2) is 0 Å². The van der Waals surface area contributed by atoms with E-state index in [4.69, 9.17) is 10.5 Å². The Bertz CT molecular complexity index is 645. The van der Waals surface area contributed by atoms with Gasteiger partial charge in [0.2, 0.25) is 0 Å². The third kappa shape index (κ3) is 2.25. The molecule has 1 aliphatic heterocycles. The number of carbonyl (C=O) groups excluding carboxylic acids is 1. The van der Waals surface area contributed by atoms with Gasteiger partial charge in [0.25, 0.3) is 5.91 Å². The molecule has 2 atom stereocenters. The number of nitrogen functional groups attached to an aromatic ring is 1. The molecule has 0 aromatic carbocycles. The van der Waals surface area contributed by atoms with Gasteiger partial charge in [0.05, 0.1) is 22.6 Å². The largest absolute Gasteiger partial charge is 0.396 e. The quantitative estimate of drug-likeness (QED) is 0.874. The predicted molar refractivity (Wildman–Crippen MR) is 79.9 cm³/mol. The molecular weight excluding hydrogens is 274 g/mol. The van der Waals surface area contributed by atoms with Gasteiger partial charge < -0.3 is 15.4 Å². The van der Waals surface area contributed by atoms with Crippen LogP contribution in [0, 0.1) is 0 Å². The van der Waals surface area contributed by atoms with Crippen molar-refractivity contribution < 1.29 is 9.53 Å². The van der Waals surface area contributed by atoms with E-state index in [0.717, 1.165) is 10.2 Å². The fourth-order valence-electron chi connectivity index (χ4n) is 2.59. The van der Waals surface area contributed by atoms with Crippen LogP contribution >= 0.6 is 11.3 Å². The number of morpholine rings is 1. The number of hydrogen-bond acceptors (Lipinski definition) is 5. The number of nitrogens with zero attached hydrogens (tertiary/aromatic N) is 2. The van der Waals surface area contributed by atoms with Gasteiger partial charge in [0, 0.05) is 19.3 Å². The van der Waals surface area contributed by atoms with Crippen LogP contribution in [0.5, 0.6) is 0 Å². The van der Waals surface area contributed by atoms with E-state index in [-0.39, 0.29) is 18.1 Å². The maximum atomic E-state index is 12.7. The molecule has 3 heterocycles. The Hall–Kier alpha value is -1.66. The summed E-state index contributed by atoms with van der Waals surface area (Å²) in [4.78, 5) is 19.3. The molecule has 2 aromatic heterocycles. The van der Waals surface area contributed by atoms with Crippen molar-refractivity contribution in [1.29, 1.82) is 0 Å². The number of nitrogens with two attached hydrogens (primary N) is 1. The summed E-state index contributed by atoms with van der Waals surface area (Å²) in [6.07, 6.45) is 1.80. The smallest absolute Gasteiger partial charge is 0.266 e. The van der Waals surface area contributed by atoms with Crippen LogP contribution in [0.15, 0.2) is 18.3 Å². The molecule has 0 spiro atoms. The van der Waals surface area contributed by atoms with E-state index in [2.05, 4.69) is 4.98 Å². The number of ether oxygens (including phenoxy) is 1. The Balaban J connectivity index is 1.94. The molecule has 5 nitrogen and oxygen atoms in total. The van der Waals surface area contributed by atoms with Crippen LogP contribution in [0.4, 0.5) is 5.69 Å². The highest BCUT2D eigenvalue weighted by Gasteiger charge is 2.29. The lowest BCUT2D eigenvalue weighted by Crippen LogP contribution is -2.48. The number of pyridine rings is 1. The van der Waals surface area contributed by atoms with E-state index in [0.29, 0.717) is 23.7 Å². The number of hydrogen-bond donors (Lipinski definition) is 1. The second kappa shape index (κ2) is 5.03. The average Bonchev–Trinajstić information content (AvgIpc) is 2.75. The van der Waals surface area contributed by atoms with Gasteiger partial charge >= 0.3 is 0 Å². The van der Waals surface area contributed by atoms with Crippen LogP contribution in [0.2, 0.25) is 0 Å². The number of aromatic nitrogens is 1. The van der Waals surface area contributed by atoms with E-state index in [1.165, 1.54) is 11.3 Å². The maximum absolute atomic E-state index is 12.7. The summed E-state index contributed by atoms with van der Waals surface area (Å²) in [6, 6.07) is 3.79. The molecule has 0 aliphatic carbocycles. The molecule has 0 radical (unpaired) electrons. The minimum absolute atomic E-state index is 0.0208. The van der Waals surface area contributed by atoms with E-state index in [1.807, 2.05) is 30.9 Å². The third-order valence-corrected chi connectivity index (χ3v) is 4.53. The van der Waals surface area contributed by atoms with Gasteiger partial charge in [-0.3, -0.25) is 9.78 Å². The standard InChI is InChI=1S/C14H17N3O2S/c1-8-6-17(7-9(2)19-8)14(18)13-11(15)12-10(20-13)4-3-5-16-12/h3-5,8-9H,6-7,15H2,1-2H3. The Labute approximate surface area is 121 Å². The molecule has 6 heteroatoms. The SMILES string of the molecule is CC1CN(C(=O)c2sc3cccnc3c2N)CC(C)O1. The molecule has 2 N–H and O–H groups in total. The van der Waals surface area contributed by atoms with Crippen molar-refractivity contribution in [1.82, 2.24) is 9.88 Å². The molecule has 2 aromatic rings. The molecule has 2 unspecified atom stereocenters. The minimum Gasteiger partial charge on any atom is -0.396 e. The molecule has 3 rings (SSSR count). The van der Waals surface area contributed by atoms with Crippen molar-refractivity contribution in [3.05, 3.63) is 23.2 Å². The Kier molecular flexibility index (Phi) is 3.35. The topological polar surface area (TPSA) is 68.5 Å². The molecule has 20 heavy (non-hydrogen) atoms. The first kappa shape index (κ1) is 13.3. The second-order valence-electron chi connectivity index (χ2n) is 5.16. The highest BCUT2D eigenvalue weighted by molar-refractivity contribution is 7.21. The molecule has 106 valence electrons. The van der Waals surface area contributed by atoms with Gasteiger partial charge in [0.1, 0.15) is 10.4 Å². The Morgan fingerprint density at radius 3 is 2.80 bits per heavy atom. The van der Waals surface area contributed by atoms with Crippen molar-refractivity contribution in [2.24, 2.45) is 0 Å². The highest BCUT2D eigenvalue weighted by Crippen LogP contribution is 2.33. The molecule has 1 aliphatic rings. The zero-order chi connectivity index (χ0) is 14.3. The van der Waals surface area contributed by atoms with Crippen LogP contribution in [0.1, 0.15) is 23.5 Å². The average molecular weight is 291 g/mol. The summed E-state index contributed by atoms with van der Waals surface area (Å²) >= 11 is 1.41. The van der Waals surface area contributed by atoms with Crippen molar-refractivity contribution in [2.75, 3.05) is 18.8 Å². The van der Waals surface area contributed by atoms with E-state index in [9.17, 15) is 4.79 Å². The second-order valence-corrected chi connectivity index (χ2v) is 6.21. The maximum Gasteiger partial charge on any atom is 0.266 e. The fraction of sp³-hybridized carbons (Fsp3) is 0.429. The van der Waals surface area contributed by atoms with Gasteiger partial charge in [-0.1, -0.05) is 0 Å². The summed E-state index contributed by atoms with van der Waals surface area (Å²) < 4.78 is 6.60. The van der Waals surface area contributed by atoms with Gasteiger partial charge in [-0.15, -0.1) is 11.3 Å². The number of anilines is 1. The van der Waals surface area contributed by atoms with Gasteiger partial charge in [-0.25, -0.2) is 0 Å². The first-order valence-corrected chi connectivity index (χ1v) is 7.45. The Morgan fingerprint density at radius 2 is 2.15 bits per heavy atom. The van der Waals surface area contributed by atoms with Gasteiger partial charge in [-0.2, -0.15) is 0 Å². The van der Waals surface area contributed by atoms with Crippen LogP contribution < -0.4 is 5.73 Å². The molecular formula is C14H17N3O2S.